The average molecular weight is 546 g/mol. The van der Waals surface area contributed by atoms with Crippen LogP contribution in [0.3, 0.4) is 0 Å². The molecule has 0 saturated heterocycles. The summed E-state index contributed by atoms with van der Waals surface area (Å²) in [5.41, 5.74) is 1.66. The zero-order chi connectivity index (χ0) is 25.4. The summed E-state index contributed by atoms with van der Waals surface area (Å²) in [4.78, 5) is 25.0. The molecule has 2 N–H and O–H groups in total. The van der Waals surface area contributed by atoms with Crippen LogP contribution in [0.1, 0.15) is 63.5 Å². The van der Waals surface area contributed by atoms with Crippen LogP contribution in [-0.4, -0.2) is 37.8 Å². The molecule has 0 aliphatic heterocycles. The smallest absolute Gasteiger partial charge is 0.407 e. The van der Waals surface area contributed by atoms with Crippen LogP contribution in [0.25, 0.3) is 0 Å². The van der Waals surface area contributed by atoms with Crippen LogP contribution in [0.5, 0.6) is 5.75 Å². The van der Waals surface area contributed by atoms with Gasteiger partial charge in [0.1, 0.15) is 11.4 Å². The Morgan fingerprint density at radius 3 is 2.34 bits per heavy atom. The molecule has 0 bridgehead atoms. The lowest BCUT2D eigenvalue weighted by molar-refractivity contribution is -0.126. The van der Waals surface area contributed by atoms with Gasteiger partial charge in [0.25, 0.3) is 0 Å². The first-order valence-corrected chi connectivity index (χ1v) is 13.1. The molecule has 1 atom stereocenters. The highest BCUT2D eigenvalue weighted by atomic mass is 79.9. The summed E-state index contributed by atoms with van der Waals surface area (Å²) in [6.07, 6.45) is 3.09. The van der Waals surface area contributed by atoms with Crippen LogP contribution in [0.4, 0.5) is 4.79 Å². The van der Waals surface area contributed by atoms with Crippen LogP contribution < -0.4 is 15.4 Å². The third-order valence-electron chi connectivity index (χ3n) is 6.40. The van der Waals surface area contributed by atoms with E-state index < -0.39 is 5.60 Å². The summed E-state index contributed by atoms with van der Waals surface area (Å²) >= 11 is 3.57. The maximum absolute atomic E-state index is 13.1. The number of rotatable bonds is 8. The van der Waals surface area contributed by atoms with Crippen molar-refractivity contribution in [3.8, 4) is 5.75 Å². The van der Waals surface area contributed by atoms with Gasteiger partial charge in [0.15, 0.2) is 0 Å². The molecule has 0 spiro atoms. The molecular weight excluding hydrogens is 508 g/mol. The predicted molar refractivity (Wildman–Crippen MR) is 142 cm³/mol. The molecule has 7 heteroatoms. The van der Waals surface area contributed by atoms with Crippen molar-refractivity contribution in [2.75, 3.05) is 20.2 Å². The number of nitrogens with one attached hydrogen (secondary N) is 2. The first-order valence-electron chi connectivity index (χ1n) is 12.3. The number of hydrogen-bond donors (Lipinski definition) is 2. The summed E-state index contributed by atoms with van der Waals surface area (Å²) in [5, 5.41) is 6.08. The fourth-order valence-corrected chi connectivity index (χ4v) is 4.97. The quantitative estimate of drug-likeness (QED) is 0.424. The molecule has 0 radical (unpaired) electrons. The molecule has 1 aliphatic carbocycles. The number of methoxy groups -OCH3 is 1. The van der Waals surface area contributed by atoms with Crippen molar-refractivity contribution in [2.45, 2.75) is 58.0 Å². The van der Waals surface area contributed by atoms with Gasteiger partial charge in [-0.2, -0.15) is 0 Å². The summed E-state index contributed by atoms with van der Waals surface area (Å²) in [7, 11) is 1.67. The Morgan fingerprint density at radius 2 is 1.71 bits per heavy atom. The lowest BCUT2D eigenvalue weighted by Crippen LogP contribution is -2.39. The number of alkyl carbamates (subject to hydrolysis) is 1. The Bertz CT molecular complexity index is 982. The fraction of sp³-hybridized carbons (Fsp3) is 0.500. The van der Waals surface area contributed by atoms with Crippen LogP contribution >= 0.6 is 15.9 Å². The third kappa shape index (κ3) is 8.27. The van der Waals surface area contributed by atoms with Crippen LogP contribution in [0, 0.1) is 11.8 Å². The minimum Gasteiger partial charge on any atom is -0.496 e. The van der Waals surface area contributed by atoms with Gasteiger partial charge in [0, 0.05) is 35.0 Å². The number of carbonyl (C=O) groups excluding carboxylic acids is 2. The largest absolute Gasteiger partial charge is 0.496 e. The first-order chi connectivity index (χ1) is 16.7. The van der Waals surface area contributed by atoms with Crippen molar-refractivity contribution in [1.82, 2.24) is 10.6 Å². The number of amides is 2. The summed E-state index contributed by atoms with van der Waals surface area (Å²) in [6.45, 7) is 6.64. The van der Waals surface area contributed by atoms with E-state index in [0.29, 0.717) is 19.0 Å². The lowest BCUT2D eigenvalue weighted by atomic mass is 9.81. The molecular formula is C28H37BrN2O4. The van der Waals surface area contributed by atoms with Gasteiger partial charge in [-0.05, 0) is 76.1 Å². The van der Waals surface area contributed by atoms with Gasteiger partial charge in [-0.15, -0.1) is 0 Å². The molecule has 35 heavy (non-hydrogen) atoms. The van der Waals surface area contributed by atoms with Crippen molar-refractivity contribution in [2.24, 2.45) is 11.8 Å². The number of carbonyl (C=O) groups is 2. The molecule has 2 aromatic rings. The van der Waals surface area contributed by atoms with Gasteiger partial charge < -0.3 is 20.1 Å². The highest BCUT2D eigenvalue weighted by Gasteiger charge is 2.28. The molecule has 1 unspecified atom stereocenters. The van der Waals surface area contributed by atoms with E-state index >= 15 is 0 Å². The van der Waals surface area contributed by atoms with Crippen LogP contribution in [-0.2, 0) is 9.53 Å². The molecule has 0 aromatic heterocycles. The monoisotopic (exact) mass is 544 g/mol. The van der Waals surface area contributed by atoms with Gasteiger partial charge in [-0.3, -0.25) is 4.79 Å². The predicted octanol–water partition coefficient (Wildman–Crippen LogP) is 6.04. The highest BCUT2D eigenvalue weighted by molar-refractivity contribution is 9.10. The lowest BCUT2D eigenvalue weighted by Gasteiger charge is -2.29. The number of benzene rings is 2. The second-order valence-electron chi connectivity index (χ2n) is 10.2. The third-order valence-corrected chi connectivity index (χ3v) is 6.89. The van der Waals surface area contributed by atoms with Gasteiger partial charge >= 0.3 is 6.09 Å². The Balaban J connectivity index is 1.56. The Morgan fingerprint density at radius 1 is 1.03 bits per heavy atom. The first kappa shape index (κ1) is 27.1. The zero-order valence-corrected chi connectivity index (χ0v) is 22.7. The maximum Gasteiger partial charge on any atom is 0.407 e. The van der Waals surface area contributed by atoms with Crippen LogP contribution in [0.2, 0.25) is 0 Å². The summed E-state index contributed by atoms with van der Waals surface area (Å²) < 4.78 is 11.9. The van der Waals surface area contributed by atoms with Crippen molar-refractivity contribution < 1.29 is 19.1 Å². The van der Waals surface area contributed by atoms with E-state index in [4.69, 9.17) is 9.47 Å². The fourth-order valence-electron chi connectivity index (χ4n) is 4.59. The molecule has 190 valence electrons. The number of ether oxygens (including phenoxy) is 2. The standard InChI is InChI=1S/C28H37BrN2O4/c1-28(2,3)35-27(33)31-17-19-10-12-21(13-11-19)26(32)30-18-24(20-8-6-5-7-9-20)23-16-22(29)14-15-25(23)34-4/h5-9,14-16,19,21,24H,10-13,17-18H2,1-4H3,(H,30,32)(H,31,33). The SMILES string of the molecule is COc1ccc(Br)cc1C(CNC(=O)C1CCC(CNC(=O)OC(C)(C)C)CC1)c1ccccc1. The topological polar surface area (TPSA) is 76.7 Å². The molecule has 2 amide bonds. The van der Waals surface area contributed by atoms with E-state index in [1.165, 1.54) is 0 Å². The Kier molecular flexibility index (Phi) is 9.61. The molecule has 1 aliphatic rings. The normalized spacial score (nSPS) is 18.9. The molecule has 3 rings (SSSR count). The minimum atomic E-state index is -0.503. The van der Waals surface area contributed by atoms with E-state index in [-0.39, 0.29) is 23.8 Å². The molecule has 1 saturated carbocycles. The highest BCUT2D eigenvalue weighted by Crippen LogP contribution is 2.34. The van der Waals surface area contributed by atoms with Crippen molar-refractivity contribution in [1.29, 1.82) is 0 Å². The summed E-state index contributed by atoms with van der Waals surface area (Å²) in [5.74, 6) is 1.23. The average Bonchev–Trinajstić information content (AvgIpc) is 2.83. The second-order valence-corrected chi connectivity index (χ2v) is 11.1. The minimum absolute atomic E-state index is 0.00592. The van der Waals surface area contributed by atoms with Gasteiger partial charge in [-0.25, -0.2) is 4.79 Å². The Labute approximate surface area is 217 Å². The molecule has 0 heterocycles. The number of halogens is 1. The Hall–Kier alpha value is -2.54. The van der Waals surface area contributed by atoms with E-state index in [1.54, 1.807) is 7.11 Å². The van der Waals surface area contributed by atoms with Crippen LogP contribution in [0.15, 0.2) is 53.0 Å². The maximum atomic E-state index is 13.1. The zero-order valence-electron chi connectivity index (χ0n) is 21.1. The van der Waals surface area contributed by atoms with E-state index in [9.17, 15) is 9.59 Å². The summed E-state index contributed by atoms with van der Waals surface area (Å²) in [6, 6.07) is 16.2. The van der Waals surface area contributed by atoms with Gasteiger partial charge in [0.05, 0.1) is 7.11 Å². The van der Waals surface area contributed by atoms with Gasteiger partial charge in [0.2, 0.25) is 5.91 Å². The van der Waals surface area contributed by atoms with E-state index in [1.807, 2.05) is 51.1 Å². The van der Waals surface area contributed by atoms with Crippen molar-refractivity contribution >= 4 is 27.9 Å². The van der Waals surface area contributed by atoms with Crippen molar-refractivity contribution in [3.63, 3.8) is 0 Å². The van der Waals surface area contributed by atoms with Crippen molar-refractivity contribution in [3.05, 3.63) is 64.1 Å². The molecule has 2 aromatic carbocycles. The molecule has 1 fully saturated rings. The van der Waals surface area contributed by atoms with E-state index in [0.717, 1.165) is 47.0 Å². The molecule has 6 nitrogen and oxygen atoms in total. The number of hydrogen-bond acceptors (Lipinski definition) is 4. The second kappa shape index (κ2) is 12.4. The van der Waals surface area contributed by atoms with Gasteiger partial charge in [-0.1, -0.05) is 46.3 Å². The van der Waals surface area contributed by atoms with E-state index in [2.05, 4.69) is 44.8 Å².